The molecule has 4 aromatic rings. The molecule has 3 heterocycles. The molecule has 8 nitrogen and oxygen atoms in total. The van der Waals surface area contributed by atoms with Crippen molar-refractivity contribution in [2.75, 3.05) is 6.61 Å². The summed E-state index contributed by atoms with van der Waals surface area (Å²) in [6.45, 7) is 0.934. The minimum absolute atomic E-state index is 0.215. The van der Waals surface area contributed by atoms with Crippen LogP contribution in [-0.4, -0.2) is 51.0 Å². The maximum absolute atomic E-state index is 16.6. The largest absolute Gasteiger partial charge is 0.459 e. The molecule has 2 aromatic heterocycles. The van der Waals surface area contributed by atoms with Crippen LogP contribution in [-0.2, 0) is 14.2 Å². The summed E-state index contributed by atoms with van der Waals surface area (Å²) in [6.07, 6.45) is -0.858. The van der Waals surface area contributed by atoms with Crippen LogP contribution in [0.25, 0.3) is 11.0 Å². The summed E-state index contributed by atoms with van der Waals surface area (Å²) in [6, 6.07) is 16.6. The molecule has 2 aromatic carbocycles. The van der Waals surface area contributed by atoms with Crippen molar-refractivity contribution in [3.8, 4) is 0 Å². The number of fused-ring (bicyclic) bond motifs is 1. The number of aromatic nitrogens is 3. The van der Waals surface area contributed by atoms with E-state index < -0.39 is 36.0 Å². The molecule has 0 amide bonds. The molecule has 0 aliphatic carbocycles. The van der Waals surface area contributed by atoms with Crippen LogP contribution in [0, 0.1) is 3.57 Å². The Kier molecular flexibility index (Phi) is 7.15. The van der Waals surface area contributed by atoms with Crippen LogP contribution in [0.5, 0.6) is 0 Å². The summed E-state index contributed by atoms with van der Waals surface area (Å²) in [5.74, 6) is -1.34. The molecule has 1 aliphatic heterocycles. The number of esters is 2. The van der Waals surface area contributed by atoms with E-state index in [9.17, 15) is 9.59 Å². The van der Waals surface area contributed by atoms with E-state index in [2.05, 4.69) is 32.6 Å². The number of rotatable bonds is 6. The Morgan fingerprint density at radius 2 is 1.70 bits per heavy atom. The number of alkyl halides is 1. The zero-order chi connectivity index (χ0) is 26.2. The van der Waals surface area contributed by atoms with Gasteiger partial charge in [-0.1, -0.05) is 48.0 Å². The molecular weight excluding hydrogens is 616 g/mol. The summed E-state index contributed by atoms with van der Waals surface area (Å²) in [7, 11) is 0. The van der Waals surface area contributed by atoms with Gasteiger partial charge in [0.2, 0.25) is 0 Å². The van der Waals surface area contributed by atoms with Gasteiger partial charge in [0.05, 0.1) is 16.5 Å². The molecule has 0 unspecified atom stereocenters. The third-order valence-electron chi connectivity index (χ3n) is 6.08. The number of ether oxygens (including phenoxy) is 3. The van der Waals surface area contributed by atoms with Crippen molar-refractivity contribution >= 4 is 57.2 Å². The molecule has 4 atom stereocenters. The molecule has 0 spiro atoms. The minimum Gasteiger partial charge on any atom is -0.459 e. The monoisotopic (exact) mass is 635 g/mol. The third-order valence-corrected chi connectivity index (χ3v) is 7.19. The van der Waals surface area contributed by atoms with Gasteiger partial charge >= 0.3 is 11.9 Å². The van der Waals surface area contributed by atoms with Crippen molar-refractivity contribution in [3.63, 3.8) is 0 Å². The van der Waals surface area contributed by atoms with Gasteiger partial charge < -0.3 is 18.8 Å². The Morgan fingerprint density at radius 3 is 2.35 bits per heavy atom. The first kappa shape index (κ1) is 25.6. The number of carbonyl (C=O) groups excluding carboxylic acids is 2. The van der Waals surface area contributed by atoms with Gasteiger partial charge in [-0.15, -0.1) is 0 Å². The molecule has 1 fully saturated rings. The second-order valence-electron chi connectivity index (χ2n) is 8.58. The number of hydrogen-bond acceptors (Lipinski definition) is 7. The highest BCUT2D eigenvalue weighted by Crippen LogP contribution is 2.45. The zero-order valence-corrected chi connectivity index (χ0v) is 22.3. The third kappa shape index (κ3) is 4.92. The van der Waals surface area contributed by atoms with E-state index in [1.807, 2.05) is 0 Å². The lowest BCUT2D eigenvalue weighted by molar-refractivity contribution is -0.0609. The topological polar surface area (TPSA) is 92.5 Å². The molecule has 5 rings (SSSR count). The second-order valence-corrected chi connectivity index (χ2v) is 10.1. The first-order valence-corrected chi connectivity index (χ1v) is 12.7. The normalized spacial score (nSPS) is 23.2. The van der Waals surface area contributed by atoms with Crippen molar-refractivity contribution in [3.05, 3.63) is 93.0 Å². The molecule has 1 aliphatic rings. The van der Waals surface area contributed by atoms with Crippen LogP contribution in [0.4, 0.5) is 4.39 Å². The highest BCUT2D eigenvalue weighted by Gasteiger charge is 2.58. The van der Waals surface area contributed by atoms with Gasteiger partial charge in [-0.25, -0.2) is 23.9 Å². The number of hydrogen-bond donors (Lipinski definition) is 0. The average Bonchev–Trinajstić information content (AvgIpc) is 3.37. The molecule has 190 valence electrons. The van der Waals surface area contributed by atoms with Gasteiger partial charge in [-0.3, -0.25) is 0 Å². The van der Waals surface area contributed by atoms with Gasteiger partial charge in [0, 0.05) is 9.77 Å². The van der Waals surface area contributed by atoms with Gasteiger partial charge in [-0.2, -0.15) is 0 Å². The summed E-state index contributed by atoms with van der Waals surface area (Å²) < 4.78 is 36.0. The van der Waals surface area contributed by atoms with Crippen molar-refractivity contribution in [2.45, 2.75) is 31.0 Å². The lowest BCUT2D eigenvalue weighted by Crippen LogP contribution is -2.44. The Balaban J connectivity index is 1.47. The van der Waals surface area contributed by atoms with Crippen LogP contribution >= 0.6 is 34.2 Å². The van der Waals surface area contributed by atoms with Gasteiger partial charge in [-0.05, 0) is 53.8 Å². The molecule has 0 radical (unpaired) electrons. The molecule has 37 heavy (non-hydrogen) atoms. The van der Waals surface area contributed by atoms with E-state index in [4.69, 9.17) is 25.8 Å². The standard InChI is InChI=1S/C26H20ClFIN3O5/c1-26(28)20(37-24(34)16-10-6-3-7-11-16)18(13-35-23(33)15-8-4-2-5-9-15)36-25(26)32-12-17(29)19-21(27)30-14-31-22(19)32/h2-12,14,18,20,25H,13H2,1H3/t18-,20-,25-,26+/m1/s1. The van der Waals surface area contributed by atoms with Crippen molar-refractivity contribution in [1.29, 1.82) is 0 Å². The molecule has 0 saturated carbocycles. The maximum Gasteiger partial charge on any atom is 0.338 e. The molecular formula is C26H20ClFIN3O5. The SMILES string of the molecule is C[C@]1(F)[C@H](OC(=O)c2ccccc2)[C@@H](COC(=O)c2ccccc2)O[C@H]1n1cc(I)c2c(Cl)ncnc21. The van der Waals surface area contributed by atoms with Gasteiger partial charge in [0.15, 0.2) is 18.0 Å². The zero-order valence-electron chi connectivity index (χ0n) is 19.4. The Hall–Kier alpha value is -3.09. The van der Waals surface area contributed by atoms with E-state index in [0.29, 0.717) is 20.2 Å². The van der Waals surface area contributed by atoms with E-state index in [-0.39, 0.29) is 17.3 Å². The lowest BCUT2D eigenvalue weighted by Gasteiger charge is -2.28. The van der Waals surface area contributed by atoms with E-state index >= 15 is 4.39 Å². The summed E-state index contributed by atoms with van der Waals surface area (Å²) in [5.41, 5.74) is -1.30. The van der Waals surface area contributed by atoms with E-state index in [0.717, 1.165) is 0 Å². The summed E-state index contributed by atoms with van der Waals surface area (Å²) >= 11 is 8.31. The Bertz CT molecular complexity index is 1450. The van der Waals surface area contributed by atoms with Crippen LogP contribution in [0.3, 0.4) is 0 Å². The van der Waals surface area contributed by atoms with Gasteiger partial charge in [0.1, 0.15) is 29.8 Å². The lowest BCUT2D eigenvalue weighted by atomic mass is 9.98. The van der Waals surface area contributed by atoms with Crippen molar-refractivity contribution in [2.24, 2.45) is 0 Å². The van der Waals surface area contributed by atoms with Crippen LogP contribution in [0.2, 0.25) is 5.15 Å². The van der Waals surface area contributed by atoms with E-state index in [1.165, 1.54) is 17.8 Å². The molecule has 11 heteroatoms. The van der Waals surface area contributed by atoms with E-state index in [1.54, 1.807) is 66.9 Å². The van der Waals surface area contributed by atoms with Crippen molar-refractivity contribution in [1.82, 2.24) is 14.5 Å². The number of carbonyl (C=O) groups is 2. The smallest absolute Gasteiger partial charge is 0.338 e. The highest BCUT2D eigenvalue weighted by molar-refractivity contribution is 14.1. The first-order valence-electron chi connectivity index (χ1n) is 11.3. The fourth-order valence-corrected chi connectivity index (χ4v) is 5.47. The molecule has 0 bridgehead atoms. The quantitative estimate of drug-likeness (QED) is 0.159. The van der Waals surface area contributed by atoms with Crippen LogP contribution in [0.1, 0.15) is 33.9 Å². The number of nitrogens with zero attached hydrogens (tertiary/aromatic N) is 3. The number of benzene rings is 2. The van der Waals surface area contributed by atoms with Gasteiger partial charge in [0.25, 0.3) is 0 Å². The summed E-state index contributed by atoms with van der Waals surface area (Å²) in [4.78, 5) is 33.7. The predicted molar refractivity (Wildman–Crippen MR) is 141 cm³/mol. The van der Waals surface area contributed by atoms with Crippen LogP contribution in [0.15, 0.2) is 73.2 Å². The number of halogens is 3. The fourth-order valence-electron chi connectivity index (χ4n) is 4.29. The Morgan fingerprint density at radius 1 is 1.08 bits per heavy atom. The fraction of sp³-hybridized carbons (Fsp3) is 0.231. The highest BCUT2D eigenvalue weighted by atomic mass is 127. The molecule has 0 N–H and O–H groups in total. The average molecular weight is 636 g/mol. The Labute approximate surface area is 229 Å². The minimum atomic E-state index is -2.24. The predicted octanol–water partition coefficient (Wildman–Crippen LogP) is 5.40. The maximum atomic E-state index is 16.6. The molecule has 1 saturated heterocycles. The first-order chi connectivity index (χ1) is 17.8. The summed E-state index contributed by atoms with van der Waals surface area (Å²) in [5, 5.41) is 0.757. The van der Waals surface area contributed by atoms with Crippen molar-refractivity contribution < 1.29 is 28.2 Å². The second kappa shape index (κ2) is 10.3. The van der Waals surface area contributed by atoms with Crippen LogP contribution < -0.4 is 0 Å².